The monoisotopic (exact) mass is 357 g/mol. The van der Waals surface area contributed by atoms with Crippen molar-refractivity contribution in [3.8, 4) is 5.75 Å². The van der Waals surface area contributed by atoms with Crippen LogP contribution in [0.2, 0.25) is 0 Å². The highest BCUT2D eigenvalue weighted by atomic mass is 16.6. The van der Waals surface area contributed by atoms with E-state index in [1.807, 2.05) is 30.0 Å². The van der Waals surface area contributed by atoms with Gasteiger partial charge >= 0.3 is 5.69 Å². The third-order valence-electron chi connectivity index (χ3n) is 4.55. The van der Waals surface area contributed by atoms with Crippen molar-refractivity contribution in [3.05, 3.63) is 40.2 Å². The van der Waals surface area contributed by atoms with E-state index < -0.39 is 4.92 Å². The molecular formula is C18H23N5O3. The molecular weight excluding hydrogens is 334 g/mol. The molecule has 1 aliphatic heterocycles. The molecule has 1 fully saturated rings. The second-order valence-corrected chi connectivity index (χ2v) is 6.67. The van der Waals surface area contributed by atoms with Gasteiger partial charge in [0.1, 0.15) is 12.1 Å². The number of hydrogen-bond donors (Lipinski definition) is 1. The predicted octanol–water partition coefficient (Wildman–Crippen LogP) is 3.68. The van der Waals surface area contributed by atoms with Crippen LogP contribution in [0.25, 0.3) is 0 Å². The van der Waals surface area contributed by atoms with E-state index >= 15 is 0 Å². The lowest BCUT2D eigenvalue weighted by atomic mass is 10.0. The van der Waals surface area contributed by atoms with E-state index in [0.29, 0.717) is 23.2 Å². The van der Waals surface area contributed by atoms with Gasteiger partial charge in [0.25, 0.3) is 0 Å². The number of anilines is 3. The molecule has 0 bridgehead atoms. The van der Waals surface area contributed by atoms with Crippen molar-refractivity contribution in [1.82, 2.24) is 9.97 Å². The van der Waals surface area contributed by atoms with Gasteiger partial charge in [0, 0.05) is 13.1 Å². The van der Waals surface area contributed by atoms with Crippen LogP contribution in [0.3, 0.4) is 0 Å². The van der Waals surface area contributed by atoms with Crippen molar-refractivity contribution in [3.63, 3.8) is 0 Å². The van der Waals surface area contributed by atoms with Crippen LogP contribution in [-0.4, -0.2) is 35.1 Å². The Balaban J connectivity index is 2.01. The van der Waals surface area contributed by atoms with Gasteiger partial charge in [-0.25, -0.2) is 9.97 Å². The first-order chi connectivity index (χ1) is 12.5. The number of hydrogen-bond acceptors (Lipinski definition) is 7. The lowest BCUT2D eigenvalue weighted by Crippen LogP contribution is -2.35. The number of ether oxygens (including phenoxy) is 1. The topological polar surface area (TPSA) is 93.4 Å². The highest BCUT2D eigenvalue weighted by Gasteiger charge is 2.29. The van der Waals surface area contributed by atoms with Crippen LogP contribution in [0, 0.1) is 23.0 Å². The first-order valence-electron chi connectivity index (χ1n) is 8.65. The van der Waals surface area contributed by atoms with Crippen LogP contribution in [0.15, 0.2) is 24.5 Å². The van der Waals surface area contributed by atoms with Gasteiger partial charge in [-0.1, -0.05) is 13.0 Å². The number of benzene rings is 1. The Morgan fingerprint density at radius 3 is 2.88 bits per heavy atom. The summed E-state index contributed by atoms with van der Waals surface area (Å²) in [6.45, 7) is 5.61. The molecule has 1 aromatic heterocycles. The van der Waals surface area contributed by atoms with Gasteiger partial charge in [-0.2, -0.15) is 0 Å². The molecule has 2 heterocycles. The summed E-state index contributed by atoms with van der Waals surface area (Å²) in [7, 11) is 1.56. The van der Waals surface area contributed by atoms with Crippen molar-refractivity contribution in [2.75, 3.05) is 30.4 Å². The molecule has 1 unspecified atom stereocenters. The van der Waals surface area contributed by atoms with Crippen LogP contribution >= 0.6 is 0 Å². The van der Waals surface area contributed by atoms with Crippen molar-refractivity contribution in [2.45, 2.75) is 26.7 Å². The summed E-state index contributed by atoms with van der Waals surface area (Å²) >= 11 is 0. The van der Waals surface area contributed by atoms with Crippen molar-refractivity contribution < 1.29 is 9.66 Å². The number of methoxy groups -OCH3 is 1. The SMILES string of the molecule is COc1ccc(C)cc1Nc1ncnc(N2CCCC(C)C2)c1[N+](=O)[O-]. The number of rotatable bonds is 5. The van der Waals surface area contributed by atoms with Crippen molar-refractivity contribution in [2.24, 2.45) is 5.92 Å². The molecule has 2 aromatic rings. The Hall–Kier alpha value is -2.90. The maximum absolute atomic E-state index is 11.8. The maximum atomic E-state index is 11.8. The summed E-state index contributed by atoms with van der Waals surface area (Å²) in [5.74, 6) is 1.61. The third-order valence-corrected chi connectivity index (χ3v) is 4.55. The van der Waals surface area contributed by atoms with Crippen LogP contribution in [-0.2, 0) is 0 Å². The molecule has 1 aliphatic rings. The van der Waals surface area contributed by atoms with Gasteiger partial charge in [-0.15, -0.1) is 0 Å². The Morgan fingerprint density at radius 2 is 2.19 bits per heavy atom. The van der Waals surface area contributed by atoms with Crippen LogP contribution in [0.4, 0.5) is 23.0 Å². The largest absolute Gasteiger partial charge is 0.495 e. The molecule has 26 heavy (non-hydrogen) atoms. The molecule has 0 amide bonds. The molecule has 0 aliphatic carbocycles. The Kier molecular flexibility index (Phi) is 5.20. The number of nitrogens with one attached hydrogen (secondary N) is 1. The van der Waals surface area contributed by atoms with E-state index in [1.165, 1.54) is 6.33 Å². The van der Waals surface area contributed by atoms with Crippen molar-refractivity contribution in [1.29, 1.82) is 0 Å². The molecule has 3 rings (SSSR count). The van der Waals surface area contributed by atoms with E-state index in [0.717, 1.165) is 31.5 Å². The van der Waals surface area contributed by atoms with Gasteiger partial charge in [0.15, 0.2) is 0 Å². The average Bonchev–Trinajstić information content (AvgIpc) is 2.61. The van der Waals surface area contributed by atoms with E-state index in [-0.39, 0.29) is 11.5 Å². The Bertz CT molecular complexity index is 811. The molecule has 1 N–H and O–H groups in total. The third kappa shape index (κ3) is 3.68. The normalized spacial score (nSPS) is 17.0. The minimum absolute atomic E-state index is 0.106. The highest BCUT2D eigenvalue weighted by molar-refractivity contribution is 5.76. The fourth-order valence-corrected chi connectivity index (χ4v) is 3.29. The minimum Gasteiger partial charge on any atom is -0.495 e. The van der Waals surface area contributed by atoms with E-state index in [2.05, 4.69) is 22.2 Å². The minimum atomic E-state index is -0.417. The van der Waals surface area contributed by atoms with Gasteiger partial charge in [0.2, 0.25) is 11.6 Å². The summed E-state index contributed by atoms with van der Waals surface area (Å²) in [6, 6.07) is 5.60. The zero-order valence-corrected chi connectivity index (χ0v) is 15.2. The second kappa shape index (κ2) is 7.55. The molecule has 0 spiro atoms. The zero-order valence-electron chi connectivity index (χ0n) is 15.2. The molecule has 1 saturated heterocycles. The second-order valence-electron chi connectivity index (χ2n) is 6.67. The fourth-order valence-electron chi connectivity index (χ4n) is 3.29. The Labute approximate surface area is 152 Å². The van der Waals surface area contributed by atoms with Gasteiger partial charge in [-0.3, -0.25) is 10.1 Å². The summed E-state index contributed by atoms with van der Waals surface area (Å²) in [6.07, 6.45) is 3.49. The van der Waals surface area contributed by atoms with Gasteiger partial charge in [-0.05, 0) is 43.4 Å². The molecule has 0 radical (unpaired) electrons. The number of aryl methyl sites for hydroxylation is 1. The molecule has 138 valence electrons. The van der Waals surface area contributed by atoms with Crippen LogP contribution in [0.5, 0.6) is 5.75 Å². The van der Waals surface area contributed by atoms with Gasteiger partial charge in [0.05, 0.1) is 17.7 Å². The number of nitro groups is 1. The van der Waals surface area contributed by atoms with Crippen molar-refractivity contribution >= 4 is 23.0 Å². The molecule has 1 aromatic carbocycles. The fraction of sp³-hybridized carbons (Fsp3) is 0.444. The lowest BCUT2D eigenvalue weighted by molar-refractivity contribution is -0.383. The summed E-state index contributed by atoms with van der Waals surface area (Å²) in [4.78, 5) is 21.7. The average molecular weight is 357 g/mol. The number of nitrogens with zero attached hydrogens (tertiary/aromatic N) is 4. The van der Waals surface area contributed by atoms with E-state index in [9.17, 15) is 10.1 Å². The smallest absolute Gasteiger partial charge is 0.353 e. The summed E-state index contributed by atoms with van der Waals surface area (Å²) in [5, 5.41) is 14.9. The number of aromatic nitrogens is 2. The first-order valence-corrected chi connectivity index (χ1v) is 8.65. The van der Waals surface area contributed by atoms with Crippen LogP contribution < -0.4 is 15.0 Å². The van der Waals surface area contributed by atoms with E-state index in [4.69, 9.17) is 4.74 Å². The summed E-state index contributed by atoms with van der Waals surface area (Å²) in [5.41, 5.74) is 1.53. The zero-order chi connectivity index (χ0) is 18.7. The van der Waals surface area contributed by atoms with Crippen LogP contribution in [0.1, 0.15) is 25.3 Å². The molecule has 8 heteroatoms. The summed E-state index contributed by atoms with van der Waals surface area (Å²) < 4.78 is 5.35. The molecule has 1 atom stereocenters. The Morgan fingerprint density at radius 1 is 1.38 bits per heavy atom. The number of piperidine rings is 1. The lowest BCUT2D eigenvalue weighted by Gasteiger charge is -2.31. The molecule has 0 saturated carbocycles. The quantitative estimate of drug-likeness (QED) is 0.644. The predicted molar refractivity (Wildman–Crippen MR) is 100 cm³/mol. The molecule has 8 nitrogen and oxygen atoms in total. The standard InChI is InChI=1S/C18H23N5O3/c1-12-6-7-15(26-3)14(9-12)21-17-16(23(24)25)18(20-11-19-17)22-8-4-5-13(2)10-22/h6-7,9,11,13H,4-5,8,10H2,1-3H3,(H,19,20,21). The van der Waals surface area contributed by atoms with Gasteiger partial charge < -0.3 is 15.0 Å². The first kappa shape index (κ1) is 17.9. The van der Waals surface area contributed by atoms with E-state index in [1.54, 1.807) is 7.11 Å². The highest BCUT2D eigenvalue weighted by Crippen LogP contribution is 2.37. The maximum Gasteiger partial charge on any atom is 0.353 e.